The third-order valence-corrected chi connectivity index (χ3v) is 2.20. The van der Waals surface area contributed by atoms with Gasteiger partial charge in [-0.1, -0.05) is 11.8 Å². The van der Waals surface area contributed by atoms with Crippen molar-refractivity contribution >= 4 is 29.2 Å². The Labute approximate surface area is 68.1 Å². The molecule has 4 nitrogen and oxygen atoms in total. The van der Waals surface area contributed by atoms with Gasteiger partial charge in [0.15, 0.2) is 0 Å². The van der Waals surface area contributed by atoms with Crippen molar-refractivity contribution in [3.05, 3.63) is 0 Å². The zero-order valence-corrected chi connectivity index (χ0v) is 9.18. The molecule has 0 aliphatic rings. The van der Waals surface area contributed by atoms with Gasteiger partial charge in [0.1, 0.15) is 5.69 Å². The molecule has 0 rings (SSSR count). The van der Waals surface area contributed by atoms with Crippen LogP contribution in [0.25, 0.3) is 0 Å². The molecule has 0 aromatic rings. The maximum absolute atomic E-state index is 10.0. The minimum atomic E-state index is -3.54. The fraction of sp³-hybridized carbons (Fsp3) is 0. The minimum absolute atomic E-state index is 0. The topological polar surface area (TPSA) is 72.8 Å². The van der Waals surface area contributed by atoms with Crippen LogP contribution >= 0.6 is 17.4 Å². The van der Waals surface area contributed by atoms with Crippen molar-refractivity contribution in [1.29, 1.82) is 0 Å². The molecule has 8 heavy (non-hydrogen) atoms. The molecule has 46 valence electrons. The van der Waals surface area contributed by atoms with Gasteiger partial charge in [0, 0.05) is 31.1 Å². The van der Waals surface area contributed by atoms with Gasteiger partial charge in [-0.25, -0.2) is 9.93 Å². The molecule has 0 saturated heterocycles. The van der Waals surface area contributed by atoms with E-state index in [1.807, 2.05) is 0 Å². The predicted octanol–water partition coefficient (Wildman–Crippen LogP) is 0.264. The smallest absolute Gasteiger partial charge is 0.114 e. The van der Waals surface area contributed by atoms with Gasteiger partial charge in [-0.3, -0.25) is 0 Å². The molecule has 0 bridgehead atoms. The van der Waals surface area contributed by atoms with Crippen LogP contribution in [-0.4, -0.2) is 9.81 Å². The number of hydrogen-bond acceptors (Lipinski definition) is 6. The largest absolute Gasteiger partial charge is 0.789 e. The average molecular weight is 227 g/mol. The molecular formula is H2O4PS2Zn-. The summed E-state index contributed by atoms with van der Waals surface area (Å²) in [7, 11) is 0. The summed E-state index contributed by atoms with van der Waals surface area (Å²) in [6.45, 7) is 0. The zero-order chi connectivity index (χ0) is 5.91. The van der Waals surface area contributed by atoms with Gasteiger partial charge in [-0.15, -0.1) is 0 Å². The monoisotopic (exact) mass is 225 g/mol. The van der Waals surface area contributed by atoms with Gasteiger partial charge in [0.05, 0.1) is 0 Å². The van der Waals surface area contributed by atoms with Crippen molar-refractivity contribution in [3.8, 4) is 0 Å². The fourth-order valence-electron chi connectivity index (χ4n) is 0.0149. The zero-order valence-electron chi connectivity index (χ0n) is 3.68. The van der Waals surface area contributed by atoms with Crippen molar-refractivity contribution < 1.29 is 38.9 Å². The molecule has 0 aliphatic heterocycles. The fourth-order valence-corrected chi connectivity index (χ4v) is 0.134. The second kappa shape index (κ2) is 5.26. The molecule has 8 heteroatoms. The first-order valence-corrected chi connectivity index (χ1v) is 5.11. The quantitative estimate of drug-likeness (QED) is 0.231. The maximum Gasteiger partial charge on any atom is 0.114 e. The van der Waals surface area contributed by atoms with Crippen LogP contribution < -0.4 is 4.89 Å². The SMILES string of the molecule is [O-]P(=S)(OO)SO.[Zn]. The molecular weight excluding hydrogens is 224 g/mol. The van der Waals surface area contributed by atoms with Gasteiger partial charge >= 0.3 is 0 Å². The number of hydrogen-bond donors (Lipinski definition) is 2. The average Bonchev–Trinajstić information content (AvgIpc) is 1.68. The van der Waals surface area contributed by atoms with E-state index in [0.717, 1.165) is 0 Å². The summed E-state index contributed by atoms with van der Waals surface area (Å²) in [5.74, 6) is 0. The molecule has 1 unspecified atom stereocenters. The van der Waals surface area contributed by atoms with E-state index in [4.69, 9.17) is 9.81 Å². The summed E-state index contributed by atoms with van der Waals surface area (Å²) in [5, 5.41) is 7.55. The van der Waals surface area contributed by atoms with Crippen molar-refractivity contribution in [1.82, 2.24) is 0 Å². The van der Waals surface area contributed by atoms with Gasteiger partial charge in [-0.05, 0) is 0 Å². The van der Waals surface area contributed by atoms with Crippen LogP contribution in [-0.2, 0) is 36.0 Å². The van der Waals surface area contributed by atoms with Crippen LogP contribution in [0.5, 0.6) is 0 Å². The second-order valence-electron chi connectivity index (χ2n) is 0.611. The van der Waals surface area contributed by atoms with E-state index < -0.39 is 5.69 Å². The van der Waals surface area contributed by atoms with E-state index in [0.29, 0.717) is 0 Å². The summed E-state index contributed by atoms with van der Waals surface area (Å²) >= 11 is 3.77. The van der Waals surface area contributed by atoms with Crippen LogP contribution in [0.2, 0.25) is 0 Å². The predicted molar refractivity (Wildman–Crippen MR) is 28.2 cm³/mol. The molecule has 0 amide bonds. The third-order valence-electron chi connectivity index (χ3n) is 0.200. The van der Waals surface area contributed by atoms with Crippen LogP contribution in [0.1, 0.15) is 0 Å². The molecule has 0 aromatic carbocycles. The molecule has 0 aromatic heterocycles. The summed E-state index contributed by atoms with van der Waals surface area (Å²) in [6, 6.07) is 0. The molecule has 0 spiro atoms. The van der Waals surface area contributed by atoms with E-state index in [2.05, 4.69) is 16.5 Å². The Morgan fingerprint density at radius 1 is 1.75 bits per heavy atom. The van der Waals surface area contributed by atoms with Crippen LogP contribution in [0.15, 0.2) is 0 Å². The molecule has 0 saturated carbocycles. The van der Waals surface area contributed by atoms with Crippen LogP contribution in [0, 0.1) is 0 Å². The van der Waals surface area contributed by atoms with Crippen LogP contribution in [0.3, 0.4) is 0 Å². The Morgan fingerprint density at radius 3 is 2.12 bits per heavy atom. The Bertz CT molecular complexity index is 86.0. The first kappa shape index (κ1) is 12.2. The van der Waals surface area contributed by atoms with Crippen molar-refractivity contribution in [2.45, 2.75) is 0 Å². The van der Waals surface area contributed by atoms with E-state index >= 15 is 0 Å². The summed E-state index contributed by atoms with van der Waals surface area (Å²) in [4.78, 5) is 10.0. The molecule has 0 fully saturated rings. The van der Waals surface area contributed by atoms with Crippen molar-refractivity contribution in [2.24, 2.45) is 0 Å². The molecule has 0 aliphatic carbocycles. The van der Waals surface area contributed by atoms with E-state index in [9.17, 15) is 4.89 Å². The van der Waals surface area contributed by atoms with E-state index in [-0.39, 0.29) is 31.1 Å². The summed E-state index contributed by atoms with van der Waals surface area (Å²) in [5.41, 5.74) is -3.54. The Hall–Kier alpha value is 1.46. The minimum Gasteiger partial charge on any atom is -0.789 e. The van der Waals surface area contributed by atoms with E-state index in [1.54, 1.807) is 0 Å². The van der Waals surface area contributed by atoms with Crippen molar-refractivity contribution in [2.75, 3.05) is 0 Å². The standard InChI is InChI=1S/H3O4PS2.Zn/c1-4-5(2,6)7-3;/h1,3H,(H,2,6);/p-1. The van der Waals surface area contributed by atoms with Crippen molar-refractivity contribution in [3.63, 3.8) is 0 Å². The molecule has 0 radical (unpaired) electrons. The van der Waals surface area contributed by atoms with Crippen LogP contribution in [0.4, 0.5) is 0 Å². The van der Waals surface area contributed by atoms with Gasteiger partial charge in [0.2, 0.25) is 0 Å². The Balaban J connectivity index is 0. The first-order chi connectivity index (χ1) is 3.12. The molecule has 2 N–H and O–H groups in total. The van der Waals surface area contributed by atoms with Gasteiger partial charge in [-0.2, -0.15) is 0 Å². The summed E-state index contributed by atoms with van der Waals surface area (Å²) < 4.78 is 11.0. The number of rotatable bonds is 2. The third kappa shape index (κ3) is 5.60. The first-order valence-electron chi connectivity index (χ1n) is 1.10. The maximum atomic E-state index is 10.0. The Morgan fingerprint density at radius 2 is 2.12 bits per heavy atom. The Kier molecular flexibility index (Phi) is 8.01. The summed E-state index contributed by atoms with van der Waals surface area (Å²) in [6.07, 6.45) is 0. The van der Waals surface area contributed by atoms with Gasteiger partial charge < -0.3 is 9.45 Å². The van der Waals surface area contributed by atoms with Gasteiger partial charge in [0.25, 0.3) is 0 Å². The molecule has 1 atom stereocenters. The van der Waals surface area contributed by atoms with E-state index in [1.165, 1.54) is 0 Å². The molecule has 0 heterocycles. The second-order valence-corrected chi connectivity index (χ2v) is 5.90. The normalized spacial score (nSPS) is 16.4.